The second-order valence-corrected chi connectivity index (χ2v) is 9.23. The topological polar surface area (TPSA) is 69.0 Å². The lowest BCUT2D eigenvalue weighted by molar-refractivity contribution is 0.102. The number of methoxy groups -OCH3 is 1. The fourth-order valence-electron chi connectivity index (χ4n) is 3.78. The Morgan fingerprint density at radius 2 is 2.10 bits per heavy atom. The Balaban J connectivity index is 1.50. The van der Waals surface area contributed by atoms with Gasteiger partial charge in [-0.3, -0.25) is 4.79 Å². The number of anilines is 1. The third kappa shape index (κ3) is 5.05. The van der Waals surface area contributed by atoms with E-state index in [1.54, 1.807) is 7.11 Å². The largest absolute Gasteiger partial charge is 0.497 e. The molecule has 0 spiro atoms. The van der Waals surface area contributed by atoms with Crippen molar-refractivity contribution in [2.24, 2.45) is 0 Å². The molecule has 4 rings (SSSR count). The molecule has 6 nitrogen and oxygen atoms in total. The van der Waals surface area contributed by atoms with Gasteiger partial charge in [0, 0.05) is 17.8 Å². The second-order valence-electron chi connectivity index (χ2n) is 7.34. The summed E-state index contributed by atoms with van der Waals surface area (Å²) in [4.78, 5) is 13.2. The molecule has 1 aliphatic carbocycles. The third-order valence-corrected chi connectivity index (χ3v) is 7.18. The van der Waals surface area contributed by atoms with Crippen LogP contribution in [0.4, 0.5) is 5.69 Å². The van der Waals surface area contributed by atoms with Crippen LogP contribution in [0.2, 0.25) is 0 Å². The SMILES string of the molecule is COc1cccc(NCc2nnc(SCC(=O)c3cccs3)n2C2CCCCC2)c1. The number of carbonyl (C=O) groups is 1. The lowest BCUT2D eigenvalue weighted by Crippen LogP contribution is -2.18. The fourth-order valence-corrected chi connectivity index (χ4v) is 5.45. The number of ether oxygens (including phenoxy) is 1. The van der Waals surface area contributed by atoms with Crippen LogP contribution in [-0.2, 0) is 6.54 Å². The van der Waals surface area contributed by atoms with Crippen molar-refractivity contribution in [1.29, 1.82) is 0 Å². The van der Waals surface area contributed by atoms with Crippen molar-refractivity contribution >= 4 is 34.6 Å². The van der Waals surface area contributed by atoms with Gasteiger partial charge in [0.25, 0.3) is 0 Å². The summed E-state index contributed by atoms with van der Waals surface area (Å²) in [5, 5.41) is 15.1. The first-order valence-electron chi connectivity index (χ1n) is 10.3. The quantitative estimate of drug-likeness (QED) is 0.351. The Morgan fingerprint density at radius 1 is 1.23 bits per heavy atom. The summed E-state index contributed by atoms with van der Waals surface area (Å²) >= 11 is 2.98. The highest BCUT2D eigenvalue weighted by atomic mass is 32.2. The fraction of sp³-hybridized carbons (Fsp3) is 0.409. The molecule has 0 amide bonds. The average molecular weight is 443 g/mol. The Bertz CT molecular complexity index is 965. The van der Waals surface area contributed by atoms with Gasteiger partial charge in [0.05, 0.1) is 24.3 Å². The van der Waals surface area contributed by atoms with Gasteiger partial charge in [-0.05, 0) is 36.4 Å². The molecule has 30 heavy (non-hydrogen) atoms. The van der Waals surface area contributed by atoms with E-state index in [0.29, 0.717) is 18.3 Å². The van der Waals surface area contributed by atoms with Crippen LogP contribution in [-0.4, -0.2) is 33.4 Å². The van der Waals surface area contributed by atoms with Crippen LogP contribution in [0.15, 0.2) is 46.9 Å². The summed E-state index contributed by atoms with van der Waals surface area (Å²) in [6.45, 7) is 0.579. The standard InChI is InChI=1S/C22H26N4O2S2/c1-28-18-10-5-7-16(13-18)23-14-21-24-25-22(26(21)17-8-3-2-4-9-17)30-15-19(27)20-11-6-12-29-20/h5-7,10-13,17,23H,2-4,8-9,14-15H2,1H3. The van der Waals surface area contributed by atoms with Crippen molar-refractivity contribution in [2.45, 2.75) is 49.8 Å². The summed E-state index contributed by atoms with van der Waals surface area (Å²) in [7, 11) is 1.67. The van der Waals surface area contributed by atoms with Gasteiger partial charge in [0.2, 0.25) is 0 Å². The van der Waals surface area contributed by atoms with E-state index in [1.165, 1.54) is 42.4 Å². The van der Waals surface area contributed by atoms with Crippen molar-refractivity contribution in [3.63, 3.8) is 0 Å². The first-order chi connectivity index (χ1) is 14.7. The number of nitrogens with one attached hydrogen (secondary N) is 1. The van der Waals surface area contributed by atoms with Crippen molar-refractivity contribution in [2.75, 3.05) is 18.2 Å². The van der Waals surface area contributed by atoms with E-state index < -0.39 is 0 Å². The monoisotopic (exact) mass is 442 g/mol. The predicted octanol–water partition coefficient (Wildman–Crippen LogP) is 5.44. The molecule has 158 valence electrons. The number of ketones is 1. The lowest BCUT2D eigenvalue weighted by Gasteiger charge is -2.25. The second kappa shape index (κ2) is 10.1. The van der Waals surface area contributed by atoms with E-state index in [-0.39, 0.29) is 5.78 Å². The highest BCUT2D eigenvalue weighted by Gasteiger charge is 2.23. The summed E-state index contributed by atoms with van der Waals surface area (Å²) in [6, 6.07) is 12.1. The Labute approximate surface area is 185 Å². The molecule has 2 aromatic heterocycles. The molecule has 2 heterocycles. The first-order valence-corrected chi connectivity index (χ1v) is 12.1. The average Bonchev–Trinajstić information content (AvgIpc) is 3.47. The minimum Gasteiger partial charge on any atom is -0.497 e. The molecule has 8 heteroatoms. The van der Waals surface area contributed by atoms with E-state index in [1.807, 2.05) is 41.8 Å². The number of carbonyl (C=O) groups excluding carboxylic acids is 1. The molecule has 0 atom stereocenters. The third-order valence-electron chi connectivity index (χ3n) is 5.32. The minimum absolute atomic E-state index is 0.143. The summed E-state index contributed by atoms with van der Waals surface area (Å²) in [5.74, 6) is 2.26. The normalized spacial score (nSPS) is 14.6. The molecule has 1 fully saturated rings. The van der Waals surface area contributed by atoms with Crippen LogP contribution >= 0.6 is 23.1 Å². The Kier molecular flexibility index (Phi) is 7.07. The van der Waals surface area contributed by atoms with Crippen LogP contribution in [0.25, 0.3) is 0 Å². The molecule has 0 saturated heterocycles. The van der Waals surface area contributed by atoms with Crippen LogP contribution in [0.1, 0.15) is 53.6 Å². The Hall–Kier alpha value is -2.32. The van der Waals surface area contributed by atoms with Crippen LogP contribution in [0.5, 0.6) is 5.75 Å². The summed E-state index contributed by atoms with van der Waals surface area (Å²) < 4.78 is 7.57. The molecule has 1 aromatic carbocycles. The predicted molar refractivity (Wildman–Crippen MR) is 122 cm³/mol. The molecular formula is C22H26N4O2S2. The van der Waals surface area contributed by atoms with Gasteiger partial charge in [-0.1, -0.05) is 43.2 Å². The molecule has 0 bridgehead atoms. The highest BCUT2D eigenvalue weighted by Crippen LogP contribution is 2.33. The van der Waals surface area contributed by atoms with Gasteiger partial charge in [0.1, 0.15) is 5.75 Å². The zero-order valence-electron chi connectivity index (χ0n) is 17.0. The number of nitrogens with zero attached hydrogens (tertiary/aromatic N) is 3. The summed E-state index contributed by atoms with van der Waals surface area (Å²) in [5.41, 5.74) is 0.981. The maximum Gasteiger partial charge on any atom is 0.191 e. The Morgan fingerprint density at radius 3 is 2.87 bits per heavy atom. The highest BCUT2D eigenvalue weighted by molar-refractivity contribution is 7.99. The number of hydrogen-bond donors (Lipinski definition) is 1. The maximum absolute atomic E-state index is 12.5. The molecule has 0 aliphatic heterocycles. The number of thiophene rings is 1. The molecule has 1 N–H and O–H groups in total. The molecule has 1 saturated carbocycles. The van der Waals surface area contributed by atoms with E-state index in [0.717, 1.165) is 40.1 Å². The molecular weight excluding hydrogens is 416 g/mol. The van der Waals surface area contributed by atoms with Crippen molar-refractivity contribution in [1.82, 2.24) is 14.8 Å². The van der Waals surface area contributed by atoms with Gasteiger partial charge in [-0.15, -0.1) is 21.5 Å². The minimum atomic E-state index is 0.143. The van der Waals surface area contributed by atoms with Crippen LogP contribution in [0.3, 0.4) is 0 Å². The summed E-state index contributed by atoms with van der Waals surface area (Å²) in [6.07, 6.45) is 6.01. The van der Waals surface area contributed by atoms with Gasteiger partial charge in [-0.25, -0.2) is 0 Å². The molecule has 3 aromatic rings. The zero-order valence-corrected chi connectivity index (χ0v) is 18.7. The van der Waals surface area contributed by atoms with Gasteiger partial charge in [-0.2, -0.15) is 0 Å². The number of benzene rings is 1. The molecule has 1 aliphatic rings. The number of aromatic nitrogens is 3. The number of rotatable bonds is 9. The smallest absolute Gasteiger partial charge is 0.191 e. The van der Waals surface area contributed by atoms with Gasteiger partial charge < -0.3 is 14.6 Å². The first kappa shape index (κ1) is 20.9. The maximum atomic E-state index is 12.5. The van der Waals surface area contributed by atoms with E-state index >= 15 is 0 Å². The van der Waals surface area contributed by atoms with E-state index in [9.17, 15) is 4.79 Å². The lowest BCUT2D eigenvalue weighted by atomic mass is 9.95. The zero-order chi connectivity index (χ0) is 20.8. The van der Waals surface area contributed by atoms with E-state index in [4.69, 9.17) is 4.74 Å². The van der Waals surface area contributed by atoms with Crippen molar-refractivity contribution in [3.05, 3.63) is 52.5 Å². The number of Topliss-reactive ketones (excluding diaryl/α,β-unsaturated/α-hetero) is 1. The molecule has 0 unspecified atom stereocenters. The van der Waals surface area contributed by atoms with Crippen LogP contribution < -0.4 is 10.1 Å². The molecule has 0 radical (unpaired) electrons. The van der Waals surface area contributed by atoms with Gasteiger partial charge >= 0.3 is 0 Å². The van der Waals surface area contributed by atoms with E-state index in [2.05, 4.69) is 20.1 Å². The van der Waals surface area contributed by atoms with Crippen molar-refractivity contribution < 1.29 is 9.53 Å². The number of thioether (sulfide) groups is 1. The van der Waals surface area contributed by atoms with Crippen LogP contribution in [0, 0.1) is 0 Å². The van der Waals surface area contributed by atoms with Crippen molar-refractivity contribution in [3.8, 4) is 5.75 Å². The van der Waals surface area contributed by atoms with Gasteiger partial charge in [0.15, 0.2) is 16.8 Å². The number of hydrogen-bond acceptors (Lipinski definition) is 7.